The zero-order valence-corrected chi connectivity index (χ0v) is 9.19. The number of Topliss-reactive ketones (excluding diaryl/α,β-unsaturated/α-hetero) is 1. The van der Waals surface area contributed by atoms with Crippen molar-refractivity contribution in [3.05, 3.63) is 22.4 Å². The van der Waals surface area contributed by atoms with Gasteiger partial charge in [-0.2, -0.15) is 11.3 Å². The third-order valence-electron chi connectivity index (χ3n) is 3.08. The second-order valence-electron chi connectivity index (χ2n) is 4.15. The summed E-state index contributed by atoms with van der Waals surface area (Å²) in [5.74, 6) is 1.27. The molecule has 1 aliphatic rings. The largest absolute Gasteiger partial charge is 0.300 e. The summed E-state index contributed by atoms with van der Waals surface area (Å²) in [6.07, 6.45) is 6.38. The van der Waals surface area contributed by atoms with Crippen molar-refractivity contribution in [1.82, 2.24) is 0 Å². The molecular formula is C12H16OS. The van der Waals surface area contributed by atoms with Crippen LogP contribution in [0.15, 0.2) is 16.8 Å². The number of thiophene rings is 1. The standard InChI is InChI=1S/C12H16OS/c13-12-5-3-10(4-6-12)1-2-11-7-8-14-9-11/h7-10H,1-6H2. The maximum Gasteiger partial charge on any atom is 0.132 e. The highest BCUT2D eigenvalue weighted by Crippen LogP contribution is 2.26. The monoisotopic (exact) mass is 208 g/mol. The number of hydrogen-bond acceptors (Lipinski definition) is 2. The SMILES string of the molecule is O=C1CCC(CCc2ccsc2)CC1. The number of ketones is 1. The van der Waals surface area contributed by atoms with Crippen LogP contribution in [0.3, 0.4) is 0 Å². The van der Waals surface area contributed by atoms with E-state index in [1.54, 1.807) is 11.3 Å². The molecule has 0 bridgehead atoms. The molecule has 0 N–H and O–H groups in total. The molecule has 0 amide bonds. The van der Waals surface area contributed by atoms with Crippen molar-refractivity contribution in [3.8, 4) is 0 Å². The van der Waals surface area contributed by atoms with Gasteiger partial charge < -0.3 is 0 Å². The average molecular weight is 208 g/mol. The topological polar surface area (TPSA) is 17.1 Å². The molecule has 1 fully saturated rings. The number of hydrogen-bond donors (Lipinski definition) is 0. The molecule has 0 atom stereocenters. The highest BCUT2D eigenvalue weighted by molar-refractivity contribution is 7.07. The van der Waals surface area contributed by atoms with E-state index >= 15 is 0 Å². The lowest BCUT2D eigenvalue weighted by molar-refractivity contribution is -0.121. The summed E-state index contributed by atoms with van der Waals surface area (Å²) in [6, 6.07) is 2.21. The van der Waals surface area contributed by atoms with E-state index in [4.69, 9.17) is 0 Å². The Morgan fingerprint density at radius 1 is 1.36 bits per heavy atom. The second kappa shape index (κ2) is 4.74. The summed E-state index contributed by atoms with van der Waals surface area (Å²) in [5.41, 5.74) is 1.46. The van der Waals surface area contributed by atoms with Gasteiger partial charge in [-0.3, -0.25) is 4.79 Å². The van der Waals surface area contributed by atoms with Gasteiger partial charge in [0.15, 0.2) is 0 Å². The van der Waals surface area contributed by atoms with Crippen molar-refractivity contribution in [2.24, 2.45) is 5.92 Å². The fourth-order valence-electron chi connectivity index (χ4n) is 2.09. The smallest absolute Gasteiger partial charge is 0.132 e. The summed E-state index contributed by atoms with van der Waals surface area (Å²) in [7, 11) is 0. The van der Waals surface area contributed by atoms with Gasteiger partial charge in [0, 0.05) is 12.8 Å². The van der Waals surface area contributed by atoms with Crippen molar-refractivity contribution in [2.45, 2.75) is 38.5 Å². The Balaban J connectivity index is 1.73. The van der Waals surface area contributed by atoms with E-state index < -0.39 is 0 Å². The molecule has 0 aromatic carbocycles. The van der Waals surface area contributed by atoms with E-state index in [0.717, 1.165) is 31.6 Å². The van der Waals surface area contributed by atoms with Crippen molar-refractivity contribution in [3.63, 3.8) is 0 Å². The van der Waals surface area contributed by atoms with Gasteiger partial charge >= 0.3 is 0 Å². The first-order chi connectivity index (χ1) is 6.84. The third-order valence-corrected chi connectivity index (χ3v) is 3.82. The van der Waals surface area contributed by atoms with Crippen molar-refractivity contribution < 1.29 is 4.79 Å². The first kappa shape index (κ1) is 9.91. The quantitative estimate of drug-likeness (QED) is 0.743. The fraction of sp³-hybridized carbons (Fsp3) is 0.583. The van der Waals surface area contributed by atoms with Crippen LogP contribution in [-0.4, -0.2) is 5.78 Å². The molecule has 1 aliphatic carbocycles. The Kier molecular flexibility index (Phi) is 3.35. The Morgan fingerprint density at radius 2 is 2.14 bits per heavy atom. The minimum Gasteiger partial charge on any atom is -0.300 e. The van der Waals surface area contributed by atoms with E-state index in [2.05, 4.69) is 16.8 Å². The zero-order valence-electron chi connectivity index (χ0n) is 8.37. The second-order valence-corrected chi connectivity index (χ2v) is 4.93. The van der Waals surface area contributed by atoms with E-state index in [0.29, 0.717) is 5.78 Å². The molecule has 0 unspecified atom stereocenters. The number of rotatable bonds is 3. The van der Waals surface area contributed by atoms with Gasteiger partial charge in [0.25, 0.3) is 0 Å². The van der Waals surface area contributed by atoms with Crippen LogP contribution in [0.5, 0.6) is 0 Å². The Hall–Kier alpha value is -0.630. The lowest BCUT2D eigenvalue weighted by Crippen LogP contribution is -2.14. The highest BCUT2D eigenvalue weighted by atomic mass is 32.1. The molecule has 1 heterocycles. The van der Waals surface area contributed by atoms with Gasteiger partial charge in [-0.25, -0.2) is 0 Å². The lowest BCUT2D eigenvalue weighted by atomic mass is 9.85. The zero-order chi connectivity index (χ0) is 9.80. The molecule has 76 valence electrons. The van der Waals surface area contributed by atoms with Gasteiger partial charge in [0.1, 0.15) is 5.78 Å². The molecule has 2 rings (SSSR count). The minimum absolute atomic E-state index is 0.469. The van der Waals surface area contributed by atoms with E-state index in [-0.39, 0.29) is 0 Å². The average Bonchev–Trinajstić information content (AvgIpc) is 2.70. The van der Waals surface area contributed by atoms with E-state index in [1.165, 1.54) is 18.4 Å². The molecule has 2 heteroatoms. The molecule has 0 radical (unpaired) electrons. The molecule has 14 heavy (non-hydrogen) atoms. The van der Waals surface area contributed by atoms with E-state index in [9.17, 15) is 4.79 Å². The molecule has 0 aliphatic heterocycles. The van der Waals surface area contributed by atoms with Gasteiger partial charge in [0.05, 0.1) is 0 Å². The summed E-state index contributed by atoms with van der Waals surface area (Å²) < 4.78 is 0. The highest BCUT2D eigenvalue weighted by Gasteiger charge is 2.18. The predicted molar refractivity (Wildman–Crippen MR) is 59.6 cm³/mol. The Labute approximate surface area is 89.1 Å². The first-order valence-corrected chi connectivity index (χ1v) is 6.31. The van der Waals surface area contributed by atoms with Crippen LogP contribution in [0.25, 0.3) is 0 Å². The molecule has 0 saturated heterocycles. The summed E-state index contributed by atoms with van der Waals surface area (Å²) in [6.45, 7) is 0. The van der Waals surface area contributed by atoms with Gasteiger partial charge in [-0.05, 0) is 54.0 Å². The van der Waals surface area contributed by atoms with Crippen LogP contribution >= 0.6 is 11.3 Å². The van der Waals surface area contributed by atoms with E-state index in [1.807, 2.05) is 0 Å². The predicted octanol–water partition coefficient (Wildman–Crippen LogP) is 3.44. The molecule has 1 saturated carbocycles. The molecule has 1 aromatic rings. The summed E-state index contributed by atoms with van der Waals surface area (Å²) in [4.78, 5) is 11.0. The first-order valence-electron chi connectivity index (χ1n) is 5.37. The number of carbonyl (C=O) groups is 1. The lowest BCUT2D eigenvalue weighted by Gasteiger charge is -2.20. The molecule has 0 spiro atoms. The van der Waals surface area contributed by atoms with Gasteiger partial charge in [0.2, 0.25) is 0 Å². The number of aryl methyl sites for hydroxylation is 1. The summed E-state index contributed by atoms with van der Waals surface area (Å²) >= 11 is 1.77. The van der Waals surface area contributed by atoms with Crippen molar-refractivity contribution in [2.75, 3.05) is 0 Å². The van der Waals surface area contributed by atoms with Crippen LogP contribution < -0.4 is 0 Å². The molecular weight excluding hydrogens is 192 g/mol. The maximum atomic E-state index is 11.0. The van der Waals surface area contributed by atoms with Gasteiger partial charge in [-0.15, -0.1) is 0 Å². The van der Waals surface area contributed by atoms with Gasteiger partial charge in [-0.1, -0.05) is 0 Å². The maximum absolute atomic E-state index is 11.0. The van der Waals surface area contributed by atoms with Crippen molar-refractivity contribution in [1.29, 1.82) is 0 Å². The Bertz CT molecular complexity index is 279. The molecule has 1 nitrogen and oxygen atoms in total. The Morgan fingerprint density at radius 3 is 2.79 bits per heavy atom. The normalized spacial score (nSPS) is 18.7. The van der Waals surface area contributed by atoms with Crippen LogP contribution in [0.4, 0.5) is 0 Å². The van der Waals surface area contributed by atoms with Crippen LogP contribution in [0.2, 0.25) is 0 Å². The van der Waals surface area contributed by atoms with Crippen LogP contribution in [0, 0.1) is 5.92 Å². The molecule has 1 aromatic heterocycles. The number of carbonyl (C=O) groups excluding carboxylic acids is 1. The third kappa shape index (κ3) is 2.68. The van der Waals surface area contributed by atoms with Crippen LogP contribution in [-0.2, 0) is 11.2 Å². The fourth-order valence-corrected chi connectivity index (χ4v) is 2.80. The minimum atomic E-state index is 0.469. The summed E-state index contributed by atoms with van der Waals surface area (Å²) in [5, 5.41) is 4.37. The van der Waals surface area contributed by atoms with Crippen LogP contribution in [0.1, 0.15) is 37.7 Å². The van der Waals surface area contributed by atoms with Crippen molar-refractivity contribution >= 4 is 17.1 Å².